The van der Waals surface area contributed by atoms with Crippen LogP contribution in [0.15, 0.2) is 18.2 Å². The second-order valence-electron chi connectivity index (χ2n) is 7.31. The average Bonchev–Trinajstić information content (AvgIpc) is 2.56. The summed E-state index contributed by atoms with van der Waals surface area (Å²) < 4.78 is 5.44. The zero-order valence-corrected chi connectivity index (χ0v) is 15.9. The van der Waals surface area contributed by atoms with E-state index in [9.17, 15) is 24.9 Å². The van der Waals surface area contributed by atoms with Gasteiger partial charge in [0, 0.05) is 12.3 Å². The molecule has 0 aliphatic heterocycles. The van der Waals surface area contributed by atoms with Gasteiger partial charge in [-0.05, 0) is 30.5 Å². The minimum atomic E-state index is -1.72. The van der Waals surface area contributed by atoms with Crippen molar-refractivity contribution in [2.24, 2.45) is 23.5 Å². The number of carboxylic acid groups (broad SMARTS) is 1. The van der Waals surface area contributed by atoms with Crippen molar-refractivity contribution in [1.82, 2.24) is 0 Å². The molecule has 0 saturated carbocycles. The van der Waals surface area contributed by atoms with Crippen LogP contribution in [0.1, 0.15) is 40.2 Å². The van der Waals surface area contributed by atoms with Gasteiger partial charge in [-0.15, -0.1) is 0 Å². The van der Waals surface area contributed by atoms with Gasteiger partial charge >= 0.3 is 11.9 Å². The number of carboxylic acids is 1. The summed E-state index contributed by atoms with van der Waals surface area (Å²) in [5, 5.41) is 28.7. The Morgan fingerprint density at radius 3 is 2.15 bits per heavy atom. The van der Waals surface area contributed by atoms with Crippen LogP contribution in [0.2, 0.25) is 0 Å². The molecule has 7 nitrogen and oxygen atoms in total. The summed E-state index contributed by atoms with van der Waals surface area (Å²) >= 11 is 0. The highest BCUT2D eigenvalue weighted by Crippen LogP contribution is 2.30. The third-order valence-electron chi connectivity index (χ3n) is 5.13. The number of benzene rings is 1. The number of esters is 1. The fourth-order valence-electron chi connectivity index (χ4n) is 2.53. The molecule has 0 bridgehead atoms. The maximum absolute atomic E-state index is 12.2. The molecule has 0 radical (unpaired) electrons. The maximum Gasteiger partial charge on any atom is 0.324 e. The SMILES string of the molecule is CC(C)C(C)C(=O)O[C@@H](C)[C@@H](C)[C@](N)(Cc1ccc(O)c(O)c1)C(=O)O. The number of nitrogens with two attached hydrogens (primary N) is 1. The van der Waals surface area contributed by atoms with E-state index in [4.69, 9.17) is 10.5 Å². The second-order valence-corrected chi connectivity index (χ2v) is 7.31. The average molecular weight is 367 g/mol. The van der Waals surface area contributed by atoms with Gasteiger partial charge in [-0.1, -0.05) is 33.8 Å². The van der Waals surface area contributed by atoms with Gasteiger partial charge in [0.25, 0.3) is 0 Å². The topological polar surface area (TPSA) is 130 Å². The van der Waals surface area contributed by atoms with Gasteiger partial charge in [0.15, 0.2) is 11.5 Å². The van der Waals surface area contributed by atoms with E-state index in [1.165, 1.54) is 18.2 Å². The standard InChI is InChI=1S/C19H29NO6/c1-10(2)11(3)17(23)26-13(5)12(4)19(20,18(24)25)9-14-6-7-15(21)16(22)8-14/h6-8,10-13,21-22H,9,20H2,1-5H3,(H,24,25)/t11?,12-,13+,19-/m1/s1. The summed E-state index contributed by atoms with van der Waals surface area (Å²) in [6, 6.07) is 4.03. The minimum absolute atomic E-state index is 0.0982. The van der Waals surface area contributed by atoms with Crippen LogP contribution in [0.3, 0.4) is 0 Å². The quantitative estimate of drug-likeness (QED) is 0.409. The fourth-order valence-corrected chi connectivity index (χ4v) is 2.53. The van der Waals surface area contributed by atoms with E-state index in [1.54, 1.807) is 20.8 Å². The van der Waals surface area contributed by atoms with E-state index in [-0.39, 0.29) is 29.8 Å². The Morgan fingerprint density at radius 2 is 1.69 bits per heavy atom. The smallest absolute Gasteiger partial charge is 0.324 e. The number of carbonyl (C=O) groups excluding carboxylic acids is 1. The highest BCUT2D eigenvalue weighted by Gasteiger charge is 2.44. The number of aliphatic carboxylic acids is 1. The second kappa shape index (κ2) is 8.40. The molecular formula is C19H29NO6. The van der Waals surface area contributed by atoms with Crippen LogP contribution in [0.4, 0.5) is 0 Å². The highest BCUT2D eigenvalue weighted by atomic mass is 16.5. The van der Waals surface area contributed by atoms with Gasteiger partial charge in [-0.3, -0.25) is 9.59 Å². The van der Waals surface area contributed by atoms with Gasteiger partial charge in [-0.2, -0.15) is 0 Å². The van der Waals surface area contributed by atoms with Crippen molar-refractivity contribution >= 4 is 11.9 Å². The number of hydrogen-bond acceptors (Lipinski definition) is 6. The van der Waals surface area contributed by atoms with E-state index in [2.05, 4.69) is 0 Å². The number of aromatic hydroxyl groups is 2. The molecule has 0 aliphatic carbocycles. The molecule has 0 heterocycles. The predicted octanol–water partition coefficient (Wildman–Crippen LogP) is 2.28. The molecule has 5 N–H and O–H groups in total. The molecule has 7 heteroatoms. The summed E-state index contributed by atoms with van der Waals surface area (Å²) in [5.41, 5.74) is 4.91. The lowest BCUT2D eigenvalue weighted by Gasteiger charge is -2.35. The normalized spacial score (nSPS) is 17.2. The number of rotatable bonds is 8. The third-order valence-corrected chi connectivity index (χ3v) is 5.13. The molecule has 1 aromatic carbocycles. The van der Waals surface area contributed by atoms with Gasteiger partial charge in [-0.25, -0.2) is 0 Å². The molecule has 26 heavy (non-hydrogen) atoms. The van der Waals surface area contributed by atoms with Crippen LogP contribution in [0.5, 0.6) is 11.5 Å². The maximum atomic E-state index is 12.2. The first kappa shape index (κ1) is 21.8. The van der Waals surface area contributed by atoms with Crippen LogP contribution in [-0.4, -0.2) is 38.9 Å². The van der Waals surface area contributed by atoms with Crippen molar-refractivity contribution in [3.63, 3.8) is 0 Å². The first-order valence-electron chi connectivity index (χ1n) is 8.63. The molecule has 1 aromatic rings. The summed E-state index contributed by atoms with van der Waals surface area (Å²) in [6.07, 6.45) is -0.811. The Bertz CT molecular complexity index is 659. The van der Waals surface area contributed by atoms with Crippen molar-refractivity contribution in [3.8, 4) is 11.5 Å². The molecule has 4 atom stereocenters. The molecular weight excluding hydrogens is 338 g/mol. The van der Waals surface area contributed by atoms with Gasteiger partial charge in [0.2, 0.25) is 0 Å². The molecule has 1 rings (SSSR count). The molecule has 0 aliphatic rings. The van der Waals surface area contributed by atoms with Crippen molar-refractivity contribution in [3.05, 3.63) is 23.8 Å². The van der Waals surface area contributed by atoms with Crippen LogP contribution >= 0.6 is 0 Å². The van der Waals surface area contributed by atoms with E-state index in [0.717, 1.165) is 0 Å². The van der Waals surface area contributed by atoms with Gasteiger partial charge in [0.05, 0.1) is 5.92 Å². The third kappa shape index (κ3) is 4.88. The molecule has 0 amide bonds. The minimum Gasteiger partial charge on any atom is -0.504 e. The summed E-state index contributed by atoms with van der Waals surface area (Å²) in [6.45, 7) is 8.81. The van der Waals surface area contributed by atoms with Crippen molar-refractivity contribution in [1.29, 1.82) is 0 Å². The molecule has 1 unspecified atom stereocenters. The fraction of sp³-hybridized carbons (Fsp3) is 0.579. The Kier molecular flexibility index (Phi) is 7.03. The number of phenols is 2. The monoisotopic (exact) mass is 367 g/mol. The van der Waals surface area contributed by atoms with Crippen LogP contribution < -0.4 is 5.73 Å². The largest absolute Gasteiger partial charge is 0.504 e. The molecule has 146 valence electrons. The zero-order valence-electron chi connectivity index (χ0n) is 15.9. The summed E-state index contributed by atoms with van der Waals surface area (Å²) in [4.78, 5) is 24.0. The van der Waals surface area contributed by atoms with Crippen LogP contribution in [0, 0.1) is 17.8 Å². The van der Waals surface area contributed by atoms with Crippen molar-refractivity contribution in [2.75, 3.05) is 0 Å². The lowest BCUT2D eigenvalue weighted by Crippen LogP contribution is -2.58. The molecule has 0 spiro atoms. The van der Waals surface area contributed by atoms with Gasteiger partial charge < -0.3 is 25.8 Å². The van der Waals surface area contributed by atoms with Crippen molar-refractivity contribution in [2.45, 2.75) is 52.7 Å². The van der Waals surface area contributed by atoms with Crippen LogP contribution in [0.25, 0.3) is 0 Å². The Morgan fingerprint density at radius 1 is 1.12 bits per heavy atom. The molecule has 0 saturated heterocycles. The first-order valence-corrected chi connectivity index (χ1v) is 8.63. The van der Waals surface area contributed by atoms with E-state index in [0.29, 0.717) is 5.56 Å². The lowest BCUT2D eigenvalue weighted by molar-refractivity contribution is -0.162. The Hall–Kier alpha value is -2.28. The number of phenolic OH excluding ortho intramolecular Hbond substituents is 2. The Labute approximate surface area is 153 Å². The van der Waals surface area contributed by atoms with E-state index in [1.807, 2.05) is 13.8 Å². The van der Waals surface area contributed by atoms with E-state index >= 15 is 0 Å². The van der Waals surface area contributed by atoms with Gasteiger partial charge in [0.1, 0.15) is 11.6 Å². The van der Waals surface area contributed by atoms with Crippen LogP contribution in [-0.2, 0) is 20.7 Å². The predicted molar refractivity (Wildman–Crippen MR) is 96.7 cm³/mol. The van der Waals surface area contributed by atoms with Crippen molar-refractivity contribution < 1.29 is 29.6 Å². The van der Waals surface area contributed by atoms with E-state index < -0.39 is 29.5 Å². The molecule has 0 fully saturated rings. The highest BCUT2D eigenvalue weighted by molar-refractivity contribution is 5.80. The molecule has 0 aromatic heterocycles. The summed E-state index contributed by atoms with van der Waals surface area (Å²) in [5.74, 6) is -3.19. The zero-order chi connectivity index (χ0) is 20.2. The number of hydrogen-bond donors (Lipinski definition) is 4. The number of ether oxygens (including phenoxy) is 1. The summed E-state index contributed by atoms with van der Waals surface area (Å²) in [7, 11) is 0. The number of carbonyl (C=O) groups is 2. The lowest BCUT2D eigenvalue weighted by atomic mass is 9.78. The first-order chi connectivity index (χ1) is 11.9. The Balaban J connectivity index is 3.00.